The Hall–Kier alpha value is -2.49. The Bertz CT molecular complexity index is 1100. The van der Waals surface area contributed by atoms with E-state index in [1.54, 1.807) is 6.07 Å². The van der Waals surface area contributed by atoms with E-state index < -0.39 is 11.7 Å². The molecule has 0 fully saturated rings. The fraction of sp³-hybridized carbons (Fsp3) is 0.0909. The van der Waals surface area contributed by atoms with Crippen molar-refractivity contribution in [3.8, 4) is 11.3 Å². The number of hydrogen-bond acceptors (Lipinski definition) is 1. The van der Waals surface area contributed by atoms with Gasteiger partial charge in [-0.05, 0) is 0 Å². The van der Waals surface area contributed by atoms with Crippen LogP contribution in [0.5, 0.6) is 0 Å². The van der Waals surface area contributed by atoms with Crippen LogP contribution in [0.4, 0.5) is 13.2 Å². The second-order valence-electron chi connectivity index (χ2n) is 6.25. The summed E-state index contributed by atoms with van der Waals surface area (Å²) in [5.74, 6) is 0.730. The molecule has 0 radical (unpaired) electrons. The molecule has 0 spiro atoms. The SMILES string of the molecule is Cc1ccc2oc(-c3ccccc3)c([Se]c3cccc(C(F)(F)F)c3)c2c1. The van der Waals surface area contributed by atoms with Crippen LogP contribution in [0.2, 0.25) is 0 Å². The van der Waals surface area contributed by atoms with Crippen molar-refractivity contribution in [2.45, 2.75) is 13.1 Å². The van der Waals surface area contributed by atoms with Gasteiger partial charge in [0.05, 0.1) is 0 Å². The monoisotopic (exact) mass is 432 g/mol. The van der Waals surface area contributed by atoms with E-state index in [1.807, 2.05) is 55.5 Å². The molecule has 0 unspecified atom stereocenters. The van der Waals surface area contributed by atoms with Gasteiger partial charge in [0.2, 0.25) is 0 Å². The second-order valence-corrected chi connectivity index (χ2v) is 8.53. The van der Waals surface area contributed by atoms with Gasteiger partial charge in [0, 0.05) is 0 Å². The number of aryl methyl sites for hydroxylation is 1. The van der Waals surface area contributed by atoms with Gasteiger partial charge in [-0.2, -0.15) is 0 Å². The Morgan fingerprint density at radius 1 is 0.852 bits per heavy atom. The van der Waals surface area contributed by atoms with Gasteiger partial charge in [0.25, 0.3) is 0 Å². The van der Waals surface area contributed by atoms with Gasteiger partial charge in [-0.15, -0.1) is 0 Å². The molecule has 1 heterocycles. The summed E-state index contributed by atoms with van der Waals surface area (Å²) in [4.78, 5) is 0. The van der Waals surface area contributed by atoms with Gasteiger partial charge >= 0.3 is 161 Å². The molecule has 27 heavy (non-hydrogen) atoms. The molecule has 0 aliphatic carbocycles. The van der Waals surface area contributed by atoms with Gasteiger partial charge in [-0.25, -0.2) is 0 Å². The second kappa shape index (κ2) is 6.91. The summed E-state index contributed by atoms with van der Waals surface area (Å²) in [6, 6.07) is 21.2. The zero-order chi connectivity index (χ0) is 19.0. The van der Waals surface area contributed by atoms with Crippen molar-refractivity contribution in [2.75, 3.05) is 0 Å². The van der Waals surface area contributed by atoms with E-state index in [4.69, 9.17) is 4.42 Å². The van der Waals surface area contributed by atoms with Gasteiger partial charge in [-0.3, -0.25) is 0 Å². The molecule has 5 heteroatoms. The third-order valence-electron chi connectivity index (χ3n) is 4.22. The van der Waals surface area contributed by atoms with Crippen molar-refractivity contribution in [3.63, 3.8) is 0 Å². The van der Waals surface area contributed by atoms with E-state index in [1.165, 1.54) is 12.1 Å². The molecular formula is C22H15F3OSe. The van der Waals surface area contributed by atoms with Gasteiger partial charge < -0.3 is 0 Å². The summed E-state index contributed by atoms with van der Waals surface area (Å²) in [7, 11) is 0. The number of furan rings is 1. The number of rotatable bonds is 3. The molecule has 0 amide bonds. The van der Waals surface area contributed by atoms with Crippen LogP contribution in [0.3, 0.4) is 0 Å². The Labute approximate surface area is 161 Å². The molecule has 1 aromatic heterocycles. The third kappa shape index (κ3) is 3.66. The maximum absolute atomic E-state index is 13.1. The molecule has 136 valence electrons. The standard InChI is InChI=1S/C22H15F3OSe/c1-14-10-11-19-18(12-14)21(20(26-19)15-6-3-2-4-7-15)27-17-9-5-8-16(13-17)22(23,24)25/h2-13H,1H3. The fourth-order valence-corrected chi connectivity index (χ4v) is 5.21. The summed E-state index contributed by atoms with van der Waals surface area (Å²) >= 11 is -0.328. The number of benzene rings is 3. The first-order chi connectivity index (χ1) is 12.9. The third-order valence-corrected chi connectivity index (χ3v) is 6.52. The molecule has 4 aromatic rings. The average Bonchev–Trinajstić information content (AvgIpc) is 3.00. The van der Waals surface area contributed by atoms with E-state index >= 15 is 0 Å². The summed E-state index contributed by atoms with van der Waals surface area (Å²) in [5, 5.41) is 0.964. The van der Waals surface area contributed by atoms with Crippen LogP contribution >= 0.6 is 0 Å². The molecule has 0 bridgehead atoms. The van der Waals surface area contributed by atoms with Crippen LogP contribution in [-0.2, 0) is 6.18 Å². The zero-order valence-electron chi connectivity index (χ0n) is 14.4. The van der Waals surface area contributed by atoms with Gasteiger partial charge in [-0.1, -0.05) is 0 Å². The van der Waals surface area contributed by atoms with Crippen LogP contribution in [-0.4, -0.2) is 15.0 Å². The Kier molecular flexibility index (Phi) is 4.58. The van der Waals surface area contributed by atoms with Gasteiger partial charge in [0.1, 0.15) is 0 Å². The maximum atomic E-state index is 13.1. The Morgan fingerprint density at radius 2 is 1.63 bits per heavy atom. The van der Waals surface area contributed by atoms with Crippen LogP contribution in [0, 0.1) is 6.92 Å². The van der Waals surface area contributed by atoms with E-state index in [0.717, 1.165) is 38.4 Å². The summed E-state index contributed by atoms with van der Waals surface area (Å²) in [5.41, 5.74) is 2.15. The molecule has 0 aliphatic heterocycles. The van der Waals surface area contributed by atoms with E-state index in [2.05, 4.69) is 0 Å². The van der Waals surface area contributed by atoms with Crippen LogP contribution in [0.15, 0.2) is 77.2 Å². The number of halogens is 3. The van der Waals surface area contributed by atoms with Crippen LogP contribution < -0.4 is 8.92 Å². The molecule has 3 aromatic carbocycles. The van der Waals surface area contributed by atoms with Crippen LogP contribution in [0.25, 0.3) is 22.3 Å². The molecule has 4 rings (SSSR count). The summed E-state index contributed by atoms with van der Waals surface area (Å²) < 4.78 is 47.0. The summed E-state index contributed by atoms with van der Waals surface area (Å²) in [6.07, 6.45) is -4.34. The summed E-state index contributed by atoms with van der Waals surface area (Å²) in [6.45, 7) is 2.00. The molecule has 0 atom stereocenters. The van der Waals surface area contributed by atoms with Crippen molar-refractivity contribution in [1.29, 1.82) is 0 Å². The van der Waals surface area contributed by atoms with E-state index in [0.29, 0.717) is 4.46 Å². The molecule has 1 nitrogen and oxygen atoms in total. The van der Waals surface area contributed by atoms with Crippen molar-refractivity contribution >= 4 is 34.8 Å². The molecule has 0 aliphatic rings. The van der Waals surface area contributed by atoms with E-state index in [-0.39, 0.29) is 15.0 Å². The first kappa shape index (κ1) is 17.9. The Balaban J connectivity index is 1.86. The fourth-order valence-electron chi connectivity index (χ4n) is 2.92. The zero-order valence-corrected chi connectivity index (χ0v) is 16.1. The molecule has 0 saturated carbocycles. The van der Waals surface area contributed by atoms with Crippen molar-refractivity contribution in [1.82, 2.24) is 0 Å². The Morgan fingerprint density at radius 3 is 2.37 bits per heavy atom. The van der Waals surface area contributed by atoms with Gasteiger partial charge in [0.15, 0.2) is 0 Å². The minimum absolute atomic E-state index is 0.328. The van der Waals surface area contributed by atoms with E-state index in [9.17, 15) is 13.2 Å². The molecular weight excluding hydrogens is 416 g/mol. The van der Waals surface area contributed by atoms with Crippen molar-refractivity contribution in [3.05, 3.63) is 83.9 Å². The predicted octanol–water partition coefficient (Wildman–Crippen LogP) is 5.08. The normalized spacial score (nSPS) is 11.9. The van der Waals surface area contributed by atoms with Crippen LogP contribution in [0.1, 0.15) is 11.1 Å². The minimum atomic E-state index is -4.34. The molecule has 0 N–H and O–H groups in total. The first-order valence-corrected chi connectivity index (χ1v) is 10.1. The van der Waals surface area contributed by atoms with Crippen molar-refractivity contribution in [2.24, 2.45) is 0 Å². The number of hydrogen-bond donors (Lipinski definition) is 0. The first-order valence-electron chi connectivity index (χ1n) is 8.35. The number of alkyl halides is 3. The van der Waals surface area contributed by atoms with Crippen molar-refractivity contribution < 1.29 is 17.6 Å². The predicted molar refractivity (Wildman–Crippen MR) is 103 cm³/mol. The average molecular weight is 431 g/mol. The molecule has 0 saturated heterocycles. The topological polar surface area (TPSA) is 13.1 Å². The number of fused-ring (bicyclic) bond motifs is 1. The quantitative estimate of drug-likeness (QED) is 0.413.